The van der Waals surface area contributed by atoms with Gasteiger partial charge in [-0.05, 0) is 39.5 Å². The number of carbonyl (C=O) groups is 2. The highest BCUT2D eigenvalue weighted by atomic mass is 16.5. The SMILES string of the molecule is CCOCC(O)CCCC(CCCCCCC(=O)O)C(C)=O. The average molecular weight is 316 g/mol. The molecule has 130 valence electrons. The summed E-state index contributed by atoms with van der Waals surface area (Å²) in [4.78, 5) is 22.0. The molecule has 5 nitrogen and oxygen atoms in total. The third-order valence-electron chi connectivity index (χ3n) is 3.87. The van der Waals surface area contributed by atoms with Crippen LogP contribution in [0.4, 0.5) is 0 Å². The molecule has 0 aliphatic heterocycles. The maximum atomic E-state index is 11.6. The molecule has 0 aliphatic carbocycles. The molecule has 0 amide bonds. The fourth-order valence-corrected chi connectivity index (χ4v) is 2.51. The van der Waals surface area contributed by atoms with E-state index >= 15 is 0 Å². The standard InChI is InChI=1S/C17H32O5/c1-3-22-13-16(19)11-8-10-15(14(2)18)9-6-4-5-7-12-17(20)21/h15-16,19H,3-13H2,1-2H3,(H,20,21). The first kappa shape index (κ1) is 21.1. The number of carboxylic acid groups (broad SMARTS) is 1. The summed E-state index contributed by atoms with van der Waals surface area (Å²) in [6, 6.07) is 0. The molecule has 0 aromatic rings. The highest BCUT2D eigenvalue weighted by Gasteiger charge is 2.14. The Morgan fingerprint density at radius 1 is 1.00 bits per heavy atom. The molecule has 0 saturated carbocycles. The van der Waals surface area contributed by atoms with Crippen LogP contribution in [0.3, 0.4) is 0 Å². The number of carbonyl (C=O) groups excluding carboxylic acids is 1. The van der Waals surface area contributed by atoms with Gasteiger partial charge in [-0.3, -0.25) is 9.59 Å². The van der Waals surface area contributed by atoms with Crippen molar-refractivity contribution in [2.75, 3.05) is 13.2 Å². The average Bonchev–Trinajstić information content (AvgIpc) is 2.46. The van der Waals surface area contributed by atoms with E-state index in [0.29, 0.717) is 26.1 Å². The topological polar surface area (TPSA) is 83.8 Å². The van der Waals surface area contributed by atoms with E-state index in [2.05, 4.69) is 0 Å². The lowest BCUT2D eigenvalue weighted by atomic mass is 9.91. The summed E-state index contributed by atoms with van der Waals surface area (Å²) in [5, 5.41) is 18.2. The van der Waals surface area contributed by atoms with Gasteiger partial charge in [-0.25, -0.2) is 0 Å². The summed E-state index contributed by atoms with van der Waals surface area (Å²) >= 11 is 0. The molecule has 0 radical (unpaired) electrons. The van der Waals surface area contributed by atoms with E-state index in [9.17, 15) is 14.7 Å². The maximum Gasteiger partial charge on any atom is 0.303 e. The lowest BCUT2D eigenvalue weighted by Gasteiger charge is -2.15. The quantitative estimate of drug-likeness (QED) is 0.453. The molecule has 2 unspecified atom stereocenters. The molecule has 5 heteroatoms. The van der Waals surface area contributed by atoms with E-state index in [1.54, 1.807) is 6.92 Å². The second kappa shape index (κ2) is 13.7. The van der Waals surface area contributed by atoms with E-state index in [4.69, 9.17) is 9.84 Å². The van der Waals surface area contributed by atoms with Crippen LogP contribution in [-0.2, 0) is 14.3 Å². The molecular weight excluding hydrogens is 284 g/mol. The molecule has 0 spiro atoms. The number of hydrogen-bond donors (Lipinski definition) is 2. The van der Waals surface area contributed by atoms with Crippen LogP contribution in [-0.4, -0.2) is 41.3 Å². The molecule has 22 heavy (non-hydrogen) atoms. The van der Waals surface area contributed by atoms with Crippen molar-refractivity contribution in [3.63, 3.8) is 0 Å². The summed E-state index contributed by atoms with van der Waals surface area (Å²) in [5.41, 5.74) is 0. The summed E-state index contributed by atoms with van der Waals surface area (Å²) in [6.07, 6.45) is 6.53. The predicted molar refractivity (Wildman–Crippen MR) is 85.9 cm³/mol. The Labute approximate surface area is 134 Å². The number of rotatable bonds is 15. The Bertz CT molecular complexity index is 303. The van der Waals surface area contributed by atoms with Crippen LogP contribution in [0.15, 0.2) is 0 Å². The first-order valence-corrected chi connectivity index (χ1v) is 8.45. The first-order valence-electron chi connectivity index (χ1n) is 8.45. The number of aliphatic hydroxyl groups excluding tert-OH is 1. The lowest BCUT2D eigenvalue weighted by molar-refractivity contribution is -0.137. The van der Waals surface area contributed by atoms with Crippen molar-refractivity contribution in [3.05, 3.63) is 0 Å². The van der Waals surface area contributed by atoms with Crippen molar-refractivity contribution in [2.45, 2.75) is 77.7 Å². The molecule has 0 fully saturated rings. The predicted octanol–water partition coefficient (Wildman–Crippen LogP) is 3.18. The highest BCUT2D eigenvalue weighted by molar-refractivity contribution is 5.78. The summed E-state index contributed by atoms with van der Waals surface area (Å²) < 4.78 is 5.16. The van der Waals surface area contributed by atoms with Crippen LogP contribution in [0.1, 0.15) is 71.6 Å². The van der Waals surface area contributed by atoms with Crippen molar-refractivity contribution in [2.24, 2.45) is 5.92 Å². The largest absolute Gasteiger partial charge is 0.481 e. The van der Waals surface area contributed by atoms with Crippen molar-refractivity contribution in [3.8, 4) is 0 Å². The Kier molecular flexibility index (Phi) is 13.1. The monoisotopic (exact) mass is 316 g/mol. The van der Waals surface area contributed by atoms with E-state index in [-0.39, 0.29) is 18.1 Å². The molecule has 2 atom stereocenters. The smallest absolute Gasteiger partial charge is 0.303 e. The van der Waals surface area contributed by atoms with Gasteiger partial charge in [0, 0.05) is 18.9 Å². The molecule has 0 saturated heterocycles. The Morgan fingerprint density at radius 2 is 1.64 bits per heavy atom. The van der Waals surface area contributed by atoms with Crippen LogP contribution < -0.4 is 0 Å². The van der Waals surface area contributed by atoms with Gasteiger partial charge < -0.3 is 14.9 Å². The number of ether oxygens (including phenoxy) is 1. The van der Waals surface area contributed by atoms with Crippen LogP contribution >= 0.6 is 0 Å². The normalized spacial score (nSPS) is 13.8. The number of aliphatic carboxylic acids is 1. The van der Waals surface area contributed by atoms with Crippen LogP contribution in [0.25, 0.3) is 0 Å². The molecule has 0 heterocycles. The Morgan fingerprint density at radius 3 is 2.23 bits per heavy atom. The zero-order valence-corrected chi connectivity index (χ0v) is 14.1. The summed E-state index contributed by atoms with van der Waals surface area (Å²) in [6.45, 7) is 4.50. The van der Waals surface area contributed by atoms with Crippen LogP contribution in [0.5, 0.6) is 0 Å². The molecule has 0 aromatic heterocycles. The number of aliphatic hydroxyl groups is 1. The minimum Gasteiger partial charge on any atom is -0.481 e. The molecule has 2 N–H and O–H groups in total. The maximum absolute atomic E-state index is 11.6. The zero-order chi connectivity index (χ0) is 16.8. The third kappa shape index (κ3) is 12.8. The molecular formula is C17H32O5. The molecule has 0 bridgehead atoms. The van der Waals surface area contributed by atoms with Crippen molar-refractivity contribution in [1.29, 1.82) is 0 Å². The number of hydrogen-bond acceptors (Lipinski definition) is 4. The van der Waals surface area contributed by atoms with Gasteiger partial charge in [-0.1, -0.05) is 25.7 Å². The van der Waals surface area contributed by atoms with E-state index in [1.807, 2.05) is 6.92 Å². The van der Waals surface area contributed by atoms with Crippen LogP contribution in [0.2, 0.25) is 0 Å². The second-order valence-corrected chi connectivity index (χ2v) is 5.90. The molecule has 0 aliphatic rings. The number of unbranched alkanes of at least 4 members (excludes halogenated alkanes) is 3. The van der Waals surface area contributed by atoms with Gasteiger partial charge in [0.15, 0.2) is 0 Å². The minimum atomic E-state index is -0.743. The van der Waals surface area contributed by atoms with Crippen molar-refractivity contribution in [1.82, 2.24) is 0 Å². The van der Waals surface area contributed by atoms with E-state index in [0.717, 1.165) is 38.5 Å². The lowest BCUT2D eigenvalue weighted by Crippen LogP contribution is -2.17. The fourth-order valence-electron chi connectivity index (χ4n) is 2.51. The van der Waals surface area contributed by atoms with Gasteiger partial charge in [0.05, 0.1) is 12.7 Å². The van der Waals surface area contributed by atoms with Gasteiger partial charge in [0.25, 0.3) is 0 Å². The summed E-state index contributed by atoms with van der Waals surface area (Å²) in [7, 11) is 0. The highest BCUT2D eigenvalue weighted by Crippen LogP contribution is 2.19. The zero-order valence-electron chi connectivity index (χ0n) is 14.1. The Hall–Kier alpha value is -0.940. The van der Waals surface area contributed by atoms with Gasteiger partial charge in [-0.15, -0.1) is 0 Å². The van der Waals surface area contributed by atoms with Crippen LogP contribution in [0, 0.1) is 5.92 Å². The molecule has 0 aromatic carbocycles. The van der Waals surface area contributed by atoms with E-state index in [1.165, 1.54) is 0 Å². The van der Waals surface area contributed by atoms with Crippen molar-refractivity contribution >= 4 is 11.8 Å². The van der Waals surface area contributed by atoms with Gasteiger partial charge in [0.1, 0.15) is 5.78 Å². The van der Waals surface area contributed by atoms with Gasteiger partial charge in [-0.2, -0.15) is 0 Å². The van der Waals surface area contributed by atoms with Crippen molar-refractivity contribution < 1.29 is 24.5 Å². The Balaban J connectivity index is 3.73. The molecule has 0 rings (SSSR count). The number of ketones is 1. The first-order chi connectivity index (χ1) is 10.5. The van der Waals surface area contributed by atoms with Gasteiger partial charge >= 0.3 is 5.97 Å². The number of carboxylic acids is 1. The fraction of sp³-hybridized carbons (Fsp3) is 0.882. The third-order valence-corrected chi connectivity index (χ3v) is 3.87. The summed E-state index contributed by atoms with van der Waals surface area (Å²) in [5.74, 6) is -0.462. The number of Topliss-reactive ketones (excluding diaryl/α,β-unsaturated/α-hetero) is 1. The minimum absolute atomic E-state index is 0.0683. The van der Waals surface area contributed by atoms with Gasteiger partial charge in [0.2, 0.25) is 0 Å². The van der Waals surface area contributed by atoms with E-state index < -0.39 is 12.1 Å². The second-order valence-electron chi connectivity index (χ2n) is 5.90.